The molecule has 1 amide bonds. The smallest absolute Gasteiger partial charge is 0.270 e. The fourth-order valence-electron chi connectivity index (χ4n) is 2.81. The summed E-state index contributed by atoms with van der Waals surface area (Å²) in [6.45, 7) is 2.89. The van der Waals surface area contributed by atoms with E-state index in [1.807, 2.05) is 18.2 Å². The van der Waals surface area contributed by atoms with Crippen LogP contribution in [0.1, 0.15) is 29.4 Å². The van der Waals surface area contributed by atoms with Crippen LogP contribution >= 0.6 is 0 Å². The van der Waals surface area contributed by atoms with Crippen molar-refractivity contribution in [3.63, 3.8) is 0 Å². The maximum atomic E-state index is 12.4. The molecule has 0 aliphatic carbocycles. The zero-order chi connectivity index (χ0) is 16.2. The van der Waals surface area contributed by atoms with Crippen molar-refractivity contribution in [3.8, 4) is 17.2 Å². The van der Waals surface area contributed by atoms with Gasteiger partial charge in [0.25, 0.3) is 5.91 Å². The van der Waals surface area contributed by atoms with Crippen LogP contribution in [0.3, 0.4) is 0 Å². The van der Waals surface area contributed by atoms with Crippen LogP contribution in [0.5, 0.6) is 0 Å². The minimum Gasteiger partial charge on any atom is -0.347 e. The molecule has 5 heteroatoms. The molecule has 1 fully saturated rings. The van der Waals surface area contributed by atoms with Crippen molar-refractivity contribution in [1.29, 1.82) is 5.26 Å². The van der Waals surface area contributed by atoms with Crippen LogP contribution in [0.25, 0.3) is 11.1 Å². The molecule has 1 saturated heterocycles. The lowest BCUT2D eigenvalue weighted by molar-refractivity contribution is 0.0935. The lowest BCUT2D eigenvalue weighted by Gasteiger charge is -2.11. The third-order valence-corrected chi connectivity index (χ3v) is 4.00. The van der Waals surface area contributed by atoms with Gasteiger partial charge < -0.3 is 10.6 Å². The molecule has 0 spiro atoms. The van der Waals surface area contributed by atoms with Gasteiger partial charge in [0.2, 0.25) is 0 Å². The molecule has 23 heavy (non-hydrogen) atoms. The molecule has 0 unspecified atom stereocenters. The lowest BCUT2D eigenvalue weighted by atomic mass is 10.0. The van der Waals surface area contributed by atoms with Crippen LogP contribution < -0.4 is 10.6 Å². The molecule has 2 N–H and O–H groups in total. The minimum absolute atomic E-state index is 0.143. The molecule has 1 aliphatic heterocycles. The summed E-state index contributed by atoms with van der Waals surface area (Å²) in [6.07, 6.45) is 2.55. The normalized spacial score (nSPS) is 20.0. The fourth-order valence-corrected chi connectivity index (χ4v) is 2.81. The summed E-state index contributed by atoms with van der Waals surface area (Å²) in [5.41, 5.74) is 2.76. The molecule has 0 radical (unpaired) electrons. The Labute approximate surface area is 135 Å². The first-order valence-electron chi connectivity index (χ1n) is 7.66. The van der Waals surface area contributed by atoms with Crippen molar-refractivity contribution in [3.05, 3.63) is 53.9 Å². The molecule has 116 valence electrons. The van der Waals surface area contributed by atoms with Crippen molar-refractivity contribution in [2.45, 2.75) is 25.4 Å². The van der Waals surface area contributed by atoms with E-state index in [1.54, 1.807) is 24.4 Å². The summed E-state index contributed by atoms with van der Waals surface area (Å²) in [5.74, 6) is -0.163. The van der Waals surface area contributed by atoms with Gasteiger partial charge in [-0.2, -0.15) is 5.26 Å². The van der Waals surface area contributed by atoms with Crippen LogP contribution in [-0.2, 0) is 0 Å². The number of hydrogen-bond acceptors (Lipinski definition) is 4. The Morgan fingerprint density at radius 1 is 1.35 bits per heavy atom. The maximum absolute atomic E-state index is 12.4. The van der Waals surface area contributed by atoms with E-state index in [2.05, 4.69) is 28.6 Å². The molecule has 1 aliphatic rings. The van der Waals surface area contributed by atoms with Crippen molar-refractivity contribution in [2.24, 2.45) is 0 Å². The average molecular weight is 306 g/mol. The lowest BCUT2D eigenvalue weighted by Crippen LogP contribution is -2.36. The van der Waals surface area contributed by atoms with Gasteiger partial charge >= 0.3 is 0 Å². The Kier molecular flexibility index (Phi) is 4.35. The van der Waals surface area contributed by atoms with E-state index in [9.17, 15) is 4.79 Å². The summed E-state index contributed by atoms with van der Waals surface area (Å²) in [6, 6.07) is 13.6. The summed E-state index contributed by atoms with van der Waals surface area (Å²) in [4.78, 5) is 16.5. The van der Waals surface area contributed by atoms with Crippen LogP contribution in [0.4, 0.5) is 0 Å². The van der Waals surface area contributed by atoms with Gasteiger partial charge in [0.15, 0.2) is 0 Å². The highest BCUT2D eigenvalue weighted by molar-refractivity contribution is 5.93. The Morgan fingerprint density at radius 3 is 2.91 bits per heavy atom. The summed E-state index contributed by atoms with van der Waals surface area (Å²) >= 11 is 0. The maximum Gasteiger partial charge on any atom is 0.270 e. The summed E-state index contributed by atoms with van der Waals surface area (Å²) in [7, 11) is 0. The van der Waals surface area contributed by atoms with E-state index in [1.165, 1.54) is 0 Å². The number of carbonyl (C=O) groups excluding carboxylic acids is 1. The van der Waals surface area contributed by atoms with E-state index < -0.39 is 0 Å². The van der Waals surface area contributed by atoms with Crippen molar-refractivity contribution in [2.75, 3.05) is 6.54 Å². The number of hydrogen-bond donors (Lipinski definition) is 2. The van der Waals surface area contributed by atoms with Gasteiger partial charge in [0.1, 0.15) is 5.69 Å². The van der Waals surface area contributed by atoms with E-state index in [-0.39, 0.29) is 11.9 Å². The fraction of sp³-hybridized carbons (Fsp3) is 0.278. The predicted molar refractivity (Wildman–Crippen MR) is 87.7 cm³/mol. The van der Waals surface area contributed by atoms with Gasteiger partial charge in [-0.05, 0) is 48.7 Å². The standard InChI is InChI=1S/C18H18N4O/c1-12-7-16(11-21-12)22-18(23)17-9-15(5-6-20-17)14-4-2-3-13(8-14)10-19/h2-6,8-9,12,16,21H,7,11H2,1H3,(H,22,23)/t12-,16-/m1/s1. The highest BCUT2D eigenvalue weighted by Gasteiger charge is 2.23. The molecule has 5 nitrogen and oxygen atoms in total. The topological polar surface area (TPSA) is 77.8 Å². The monoisotopic (exact) mass is 306 g/mol. The molecule has 0 bridgehead atoms. The van der Waals surface area contributed by atoms with Crippen LogP contribution in [0, 0.1) is 11.3 Å². The van der Waals surface area contributed by atoms with Crippen molar-refractivity contribution < 1.29 is 4.79 Å². The summed E-state index contributed by atoms with van der Waals surface area (Å²) in [5, 5.41) is 15.3. The summed E-state index contributed by atoms with van der Waals surface area (Å²) < 4.78 is 0. The second kappa shape index (κ2) is 6.59. The Morgan fingerprint density at radius 2 is 2.17 bits per heavy atom. The predicted octanol–water partition coefficient (Wildman–Crippen LogP) is 2.10. The SMILES string of the molecule is C[C@@H]1C[C@@H](NC(=O)c2cc(-c3cccc(C#N)c3)ccn2)CN1. The molecule has 2 atom stereocenters. The highest BCUT2D eigenvalue weighted by atomic mass is 16.1. The van der Waals surface area contributed by atoms with Gasteiger partial charge in [0.05, 0.1) is 11.6 Å². The minimum atomic E-state index is -0.163. The average Bonchev–Trinajstić information content (AvgIpc) is 3.00. The largest absolute Gasteiger partial charge is 0.347 e. The molecular weight excluding hydrogens is 288 g/mol. The van der Waals surface area contributed by atoms with Gasteiger partial charge in [-0.3, -0.25) is 9.78 Å². The number of amides is 1. The number of nitriles is 1. The van der Waals surface area contributed by atoms with E-state index >= 15 is 0 Å². The number of nitrogens with one attached hydrogen (secondary N) is 2. The number of rotatable bonds is 3. The number of pyridine rings is 1. The highest BCUT2D eigenvalue weighted by Crippen LogP contribution is 2.20. The second-order valence-electron chi connectivity index (χ2n) is 5.84. The van der Waals surface area contributed by atoms with E-state index in [0.29, 0.717) is 17.3 Å². The molecule has 3 rings (SSSR count). The molecule has 1 aromatic carbocycles. The zero-order valence-electron chi connectivity index (χ0n) is 12.9. The zero-order valence-corrected chi connectivity index (χ0v) is 12.9. The molecule has 2 aromatic rings. The Hall–Kier alpha value is -2.71. The molecular formula is C18H18N4O. The van der Waals surface area contributed by atoms with Crippen molar-refractivity contribution in [1.82, 2.24) is 15.6 Å². The van der Waals surface area contributed by atoms with Crippen LogP contribution in [-0.4, -0.2) is 29.5 Å². The van der Waals surface area contributed by atoms with Gasteiger partial charge in [-0.25, -0.2) is 0 Å². The van der Waals surface area contributed by atoms with Gasteiger partial charge in [-0.15, -0.1) is 0 Å². The second-order valence-corrected chi connectivity index (χ2v) is 5.84. The molecule has 1 aromatic heterocycles. The first-order chi connectivity index (χ1) is 11.2. The quantitative estimate of drug-likeness (QED) is 0.910. The third kappa shape index (κ3) is 3.55. The molecule has 2 heterocycles. The van der Waals surface area contributed by atoms with E-state index in [0.717, 1.165) is 24.1 Å². The Balaban J connectivity index is 1.79. The van der Waals surface area contributed by atoms with E-state index in [4.69, 9.17) is 5.26 Å². The Bertz CT molecular complexity index is 766. The van der Waals surface area contributed by atoms with Crippen molar-refractivity contribution >= 4 is 5.91 Å². The van der Waals surface area contributed by atoms with Crippen LogP contribution in [0.15, 0.2) is 42.6 Å². The first kappa shape index (κ1) is 15.2. The third-order valence-electron chi connectivity index (χ3n) is 4.00. The first-order valence-corrected chi connectivity index (χ1v) is 7.66. The van der Waals surface area contributed by atoms with Gasteiger partial charge in [-0.1, -0.05) is 12.1 Å². The molecule has 0 saturated carbocycles. The van der Waals surface area contributed by atoms with Crippen LogP contribution in [0.2, 0.25) is 0 Å². The van der Waals surface area contributed by atoms with Gasteiger partial charge in [0, 0.05) is 24.8 Å². The number of benzene rings is 1. The number of carbonyl (C=O) groups is 1. The number of aromatic nitrogens is 1. The number of nitrogens with zero attached hydrogens (tertiary/aromatic N) is 2.